The molecule has 12 rings (SSSR count). The molecule has 4 aliphatic heterocycles. The summed E-state index contributed by atoms with van der Waals surface area (Å²) in [5.74, 6) is -4.47. The molecule has 4 aliphatic rings. The number of esters is 6. The number of ketones is 4. The molecule has 0 saturated heterocycles. The highest BCUT2D eigenvalue weighted by Crippen LogP contribution is 2.58. The number of hydrogen-bond donors (Lipinski definition) is 4. The van der Waals surface area contributed by atoms with Crippen LogP contribution in [0.25, 0.3) is 0 Å². The predicted molar refractivity (Wildman–Crippen MR) is 473 cm³/mol. The molecule has 8 aromatic rings. The molecule has 6 aromatic carbocycles. The molecule has 2 spiro atoms. The van der Waals surface area contributed by atoms with Crippen molar-refractivity contribution in [1.82, 2.24) is 20.2 Å². The summed E-state index contributed by atoms with van der Waals surface area (Å²) in [7, 11) is 0. The highest BCUT2D eigenvalue weighted by atomic mass is 32.8. The third kappa shape index (κ3) is 24.9. The number of aromatic nitrogens is 2. The summed E-state index contributed by atoms with van der Waals surface area (Å²) in [6.07, 6.45) is 3.98. The van der Waals surface area contributed by atoms with Crippen LogP contribution in [0.4, 0.5) is 0 Å². The van der Waals surface area contributed by atoms with Crippen LogP contribution in [0.15, 0.2) is 170 Å². The maximum absolute atomic E-state index is 14.3. The zero-order valence-corrected chi connectivity index (χ0v) is 74.7. The first kappa shape index (κ1) is 96.6. The van der Waals surface area contributed by atoms with Gasteiger partial charge in [0.15, 0.2) is 34.3 Å². The van der Waals surface area contributed by atoms with Crippen molar-refractivity contribution in [2.75, 3.05) is 6.54 Å². The summed E-state index contributed by atoms with van der Waals surface area (Å²) in [5.41, 5.74) is 20.8. The monoisotopic (exact) mass is 1750 g/mol. The van der Waals surface area contributed by atoms with Gasteiger partial charge in [0.05, 0.1) is 72.4 Å². The third-order valence-corrected chi connectivity index (χ3v) is 20.4. The average Bonchev–Trinajstić information content (AvgIpc) is 1.51. The molecule has 0 radical (unpaired) electrons. The Balaban J connectivity index is 0.000000292. The van der Waals surface area contributed by atoms with Crippen LogP contribution in [0, 0.1) is 5.92 Å². The number of Topliss-reactive ketones (excluding diaryl/α,β-unsaturated/α-hetero) is 4. The van der Waals surface area contributed by atoms with Gasteiger partial charge in [-0.05, 0) is 185 Å². The number of carbonyl (C=O) groups excluding carboxylic acids is 11. The number of nitrogens with two attached hydrogens (primary N) is 3. The van der Waals surface area contributed by atoms with E-state index in [-0.39, 0.29) is 88.1 Å². The molecule has 124 heavy (non-hydrogen) atoms. The van der Waals surface area contributed by atoms with E-state index < -0.39 is 105 Å². The van der Waals surface area contributed by atoms with Gasteiger partial charge in [-0.25, -0.2) is 9.59 Å². The van der Waals surface area contributed by atoms with E-state index in [0.29, 0.717) is 109 Å². The lowest BCUT2D eigenvalue weighted by Gasteiger charge is -2.37. The molecule has 6 atom stereocenters. The highest BCUT2D eigenvalue weighted by Gasteiger charge is 2.55. The van der Waals surface area contributed by atoms with Crippen LogP contribution in [0.3, 0.4) is 0 Å². The van der Waals surface area contributed by atoms with Gasteiger partial charge in [-0.3, -0.25) is 58.0 Å². The van der Waals surface area contributed by atoms with Gasteiger partial charge < -0.3 is 60.4 Å². The SMILES string of the molecule is CC(C)(C)OC(=O)C[C@H](N)C(=O)Cc1ccc2c(c1)Oc1cc(CC(=O)[C@@H](N)CC(=O)OC(C)(C)C)ccc1C21OC(=O)c2ccccc21.C[C@@H](CCCCN(Cc1ccccn1)Cc1ccccn1)C(=O)N[C@@H](CC(=O)OC(C)(C)C)C(=O)Cc1ccc2c(c1)Oc1cc(CC(=O)[C@@H](N)CC(=O)OC(C)(C)C)ccc1C21OC(=O)c2ccccc21.S.S=S. The standard InChI is InChI=1S/C57H65N5O10.C38H42N2O9.S2.H2S/c1-36(16-12-15-27-62(34-39-17-10-13-25-59-39)35-40-18-11-14-26-60-40)53(67)61-46(33-52(66)71-56(5,6)7)48(64)29-38-22-24-44-50(31-38)69-49-30-37(28-47(63)45(58)32-51(65)70-55(2,3)4)21-23-43(49)57(44)42-20-9-8-19-41(42)54(68)72-57;1-36(2,3)47-33(43)19-27(39)29(41)15-21-11-13-25-31(17-21)46-32-18-22(16-30(42)28(40)20-34(44)48-37(4,5)6)12-14-26(32)38(25)24-10-8-7-9-23(24)35(45)49-38;1-2;/h8-11,13-14,17-26,30-31,36,45-46H,12,15-16,27-29,32-35,58H2,1-7H3,(H,61,67);7-14,17-18,27-28H,15-16,19-20,39-40H2,1-6H3;;1H2/t36-,45-,46-,57?;27-,28-;;/m00../s1. The second kappa shape index (κ2) is 41.1. The maximum Gasteiger partial charge on any atom is 0.340 e. The number of amides is 1. The normalized spacial score (nSPS) is 15.5. The van der Waals surface area contributed by atoms with Crippen LogP contribution < -0.4 is 32.0 Å². The quantitative estimate of drug-likeness (QED) is 0.0178. The van der Waals surface area contributed by atoms with Gasteiger partial charge in [-0.1, -0.05) is 110 Å². The number of rotatable bonds is 31. The Morgan fingerprint density at radius 3 is 1.06 bits per heavy atom. The number of nitrogens with zero attached hydrogens (tertiary/aromatic N) is 3. The second-order valence-corrected chi connectivity index (χ2v) is 35.1. The number of hydrogen-bond acceptors (Lipinski definition) is 27. The zero-order chi connectivity index (χ0) is 89.7. The van der Waals surface area contributed by atoms with Crippen LogP contribution in [0.5, 0.6) is 23.0 Å². The number of benzene rings is 6. The molecule has 0 aliphatic carbocycles. The molecule has 1 amide bonds. The van der Waals surface area contributed by atoms with Crippen molar-refractivity contribution in [2.24, 2.45) is 23.1 Å². The predicted octanol–water partition coefficient (Wildman–Crippen LogP) is 12.8. The minimum atomic E-state index is -1.44. The van der Waals surface area contributed by atoms with Crippen molar-refractivity contribution >= 4 is 101 Å². The highest BCUT2D eigenvalue weighted by molar-refractivity contribution is 8.07. The smallest absolute Gasteiger partial charge is 0.340 e. The summed E-state index contributed by atoms with van der Waals surface area (Å²) in [5, 5.41) is 2.88. The van der Waals surface area contributed by atoms with Gasteiger partial charge in [-0.2, -0.15) is 13.5 Å². The molecule has 0 bridgehead atoms. The largest absolute Gasteiger partial charge is 0.460 e. The van der Waals surface area contributed by atoms with Gasteiger partial charge in [0.25, 0.3) is 0 Å². The van der Waals surface area contributed by atoms with Gasteiger partial charge in [-0.15, -0.1) is 0 Å². The lowest BCUT2D eigenvalue weighted by Crippen LogP contribution is -2.45. The molecule has 656 valence electrons. The van der Waals surface area contributed by atoms with Crippen LogP contribution >= 0.6 is 13.5 Å². The summed E-state index contributed by atoms with van der Waals surface area (Å²) >= 11 is 7.33. The Hall–Kier alpha value is -11.2. The van der Waals surface area contributed by atoms with E-state index in [1.807, 2.05) is 67.6 Å². The molecule has 2 aromatic heterocycles. The molecule has 1 unspecified atom stereocenters. The first-order valence-corrected chi connectivity index (χ1v) is 42.2. The number of ether oxygens (including phenoxy) is 8. The fourth-order valence-electron chi connectivity index (χ4n) is 15.0. The van der Waals surface area contributed by atoms with Gasteiger partial charge in [0.1, 0.15) is 45.4 Å². The summed E-state index contributed by atoms with van der Waals surface area (Å²) < 4.78 is 47.1. The van der Waals surface area contributed by atoms with Crippen LogP contribution in [-0.2, 0) is 144 Å². The third-order valence-electron chi connectivity index (χ3n) is 20.4. The summed E-state index contributed by atoms with van der Waals surface area (Å²) in [4.78, 5) is 156. The lowest BCUT2D eigenvalue weighted by molar-refractivity contribution is -0.157. The first-order chi connectivity index (χ1) is 58.0. The van der Waals surface area contributed by atoms with Crippen LogP contribution in [0.1, 0.15) is 223 Å². The van der Waals surface area contributed by atoms with Crippen molar-refractivity contribution in [3.63, 3.8) is 0 Å². The number of nitrogens with one attached hydrogen (secondary N) is 1. The number of carbonyl (C=O) groups is 11. The minimum absolute atomic E-state index is 0. The number of pyridine rings is 2. The molecule has 0 fully saturated rings. The van der Waals surface area contributed by atoms with Crippen molar-refractivity contribution in [3.05, 3.63) is 248 Å². The zero-order valence-electron chi connectivity index (χ0n) is 72.1. The Bertz CT molecular complexity index is 5150. The Labute approximate surface area is 739 Å². The van der Waals surface area contributed by atoms with E-state index in [0.717, 1.165) is 30.8 Å². The van der Waals surface area contributed by atoms with Gasteiger partial charge in [0.2, 0.25) is 5.91 Å². The Morgan fingerprint density at radius 1 is 0.427 bits per heavy atom. The van der Waals surface area contributed by atoms with E-state index in [1.165, 1.54) is 0 Å². The van der Waals surface area contributed by atoms with E-state index in [4.69, 9.17) is 55.1 Å². The Kier molecular flexibility index (Phi) is 32.0. The van der Waals surface area contributed by atoms with Crippen molar-refractivity contribution < 1.29 is 90.6 Å². The van der Waals surface area contributed by atoms with Crippen molar-refractivity contribution in [3.8, 4) is 23.0 Å². The fraction of sp³-hybridized carbons (Fsp3) is 0.400. The maximum atomic E-state index is 14.3. The van der Waals surface area contributed by atoms with Crippen molar-refractivity contribution in [1.29, 1.82) is 0 Å². The van der Waals surface area contributed by atoms with Gasteiger partial charge in [0, 0.05) is 113 Å². The van der Waals surface area contributed by atoms with Crippen LogP contribution in [-0.4, -0.2) is 133 Å². The summed E-state index contributed by atoms with van der Waals surface area (Å²) in [6, 6.07) is 42.1. The number of unbranched alkanes of at least 4 members (excludes halogenated alkanes) is 1. The average molecular weight is 1750 g/mol. The molecule has 0 saturated carbocycles. The van der Waals surface area contributed by atoms with Crippen LogP contribution in [0.2, 0.25) is 0 Å². The number of fused-ring (bicyclic) bond motifs is 12. The lowest BCUT2D eigenvalue weighted by atomic mass is 9.77. The second-order valence-electron chi connectivity index (χ2n) is 35.1. The molecular formula is C95H109N7O19S3. The minimum Gasteiger partial charge on any atom is -0.460 e. The van der Waals surface area contributed by atoms with Crippen molar-refractivity contribution in [2.45, 2.75) is 232 Å². The molecule has 29 heteroatoms. The summed E-state index contributed by atoms with van der Waals surface area (Å²) in [6.45, 7) is 24.7. The molecular weight excluding hydrogens is 1640 g/mol. The first-order valence-electron chi connectivity index (χ1n) is 40.8. The molecule has 7 N–H and O–H groups in total. The van der Waals surface area contributed by atoms with E-state index in [9.17, 15) is 52.7 Å². The topological polar surface area (TPSA) is 381 Å². The van der Waals surface area contributed by atoms with E-state index in [2.05, 4.69) is 42.6 Å². The molecule has 26 nitrogen and oxygen atoms in total. The van der Waals surface area contributed by atoms with Gasteiger partial charge >= 0.3 is 35.8 Å². The fourth-order valence-corrected chi connectivity index (χ4v) is 15.0. The molecule has 6 heterocycles. The van der Waals surface area contributed by atoms with E-state index in [1.54, 1.807) is 193 Å². The Morgan fingerprint density at radius 2 is 0.742 bits per heavy atom. The van der Waals surface area contributed by atoms with E-state index >= 15 is 0 Å².